The van der Waals surface area contributed by atoms with Crippen molar-refractivity contribution >= 4 is 12.6 Å². The minimum Gasteiger partial charge on any atom is -0.468 e. The number of furan rings is 1. The van der Waals surface area contributed by atoms with E-state index in [9.17, 15) is 0 Å². The van der Waals surface area contributed by atoms with Crippen molar-refractivity contribution in [3.8, 4) is 0 Å². The molecule has 82 valence electrons. The largest absolute Gasteiger partial charge is 0.492 e. The molecule has 0 atom stereocenters. The third-order valence-corrected chi connectivity index (χ3v) is 2.53. The van der Waals surface area contributed by atoms with Gasteiger partial charge in [0.1, 0.15) is 5.76 Å². The highest BCUT2D eigenvalue weighted by Crippen LogP contribution is 2.06. The van der Waals surface area contributed by atoms with E-state index in [4.69, 9.17) is 19.2 Å². The van der Waals surface area contributed by atoms with Gasteiger partial charge < -0.3 is 19.2 Å². The van der Waals surface area contributed by atoms with Gasteiger partial charge in [-0.15, -0.1) is 0 Å². The molecule has 1 aromatic heterocycles. The molecule has 0 aliphatic carbocycles. The first-order valence-corrected chi connectivity index (χ1v) is 5.00. The summed E-state index contributed by atoms with van der Waals surface area (Å²) in [5.41, 5.74) is 0.446. The van der Waals surface area contributed by atoms with E-state index in [2.05, 4.69) is 4.90 Å². The van der Waals surface area contributed by atoms with E-state index in [1.54, 1.807) is 6.07 Å². The van der Waals surface area contributed by atoms with Crippen molar-refractivity contribution in [1.82, 2.24) is 4.90 Å². The van der Waals surface area contributed by atoms with Crippen LogP contribution in [0.1, 0.15) is 5.76 Å². The van der Waals surface area contributed by atoms with Crippen molar-refractivity contribution in [3.05, 3.63) is 18.1 Å². The van der Waals surface area contributed by atoms with Gasteiger partial charge in [-0.1, -0.05) is 0 Å². The van der Waals surface area contributed by atoms with Crippen LogP contribution in [0.15, 0.2) is 16.7 Å². The predicted molar refractivity (Wildman–Crippen MR) is 54.6 cm³/mol. The van der Waals surface area contributed by atoms with Crippen molar-refractivity contribution in [3.63, 3.8) is 0 Å². The van der Waals surface area contributed by atoms with Crippen LogP contribution in [-0.4, -0.2) is 48.4 Å². The standard InChI is InChI=1S/C9H14BNO4/c12-10(13)8-1-4-15-9(8)7-11-2-5-14-6-3-11/h1,4,12-13H,2-3,5-7H2. The molecule has 2 N–H and O–H groups in total. The molecule has 2 heterocycles. The second-order valence-corrected chi connectivity index (χ2v) is 3.56. The smallest absolute Gasteiger partial charge is 0.468 e. The quantitative estimate of drug-likeness (QED) is 0.614. The maximum atomic E-state index is 9.08. The maximum absolute atomic E-state index is 9.08. The van der Waals surface area contributed by atoms with E-state index in [-0.39, 0.29) is 0 Å². The minimum absolute atomic E-state index is 0.446. The van der Waals surface area contributed by atoms with E-state index in [1.807, 2.05) is 0 Å². The normalized spacial score (nSPS) is 18.0. The van der Waals surface area contributed by atoms with Gasteiger partial charge in [-0.05, 0) is 6.07 Å². The molecule has 6 heteroatoms. The summed E-state index contributed by atoms with van der Waals surface area (Å²) in [5, 5.41) is 18.2. The summed E-state index contributed by atoms with van der Waals surface area (Å²) in [4.78, 5) is 2.16. The van der Waals surface area contributed by atoms with Crippen LogP contribution in [-0.2, 0) is 11.3 Å². The number of ether oxygens (including phenoxy) is 1. The molecule has 1 fully saturated rings. The zero-order chi connectivity index (χ0) is 10.7. The van der Waals surface area contributed by atoms with Crippen LogP contribution in [0.2, 0.25) is 0 Å². The first-order chi connectivity index (χ1) is 7.27. The van der Waals surface area contributed by atoms with Gasteiger partial charge in [0.2, 0.25) is 0 Å². The average molecular weight is 211 g/mol. The molecule has 15 heavy (non-hydrogen) atoms. The number of hydrogen-bond acceptors (Lipinski definition) is 5. The Hall–Kier alpha value is -0.815. The molecule has 1 aliphatic heterocycles. The molecule has 0 bridgehead atoms. The van der Waals surface area contributed by atoms with E-state index in [0.29, 0.717) is 17.8 Å². The van der Waals surface area contributed by atoms with Gasteiger partial charge >= 0.3 is 7.12 Å². The first-order valence-electron chi connectivity index (χ1n) is 5.00. The van der Waals surface area contributed by atoms with Crippen LogP contribution in [0.3, 0.4) is 0 Å². The van der Waals surface area contributed by atoms with Gasteiger partial charge in [0.15, 0.2) is 0 Å². The van der Waals surface area contributed by atoms with Crippen LogP contribution in [0.5, 0.6) is 0 Å². The molecule has 0 spiro atoms. The lowest BCUT2D eigenvalue weighted by atomic mass is 9.80. The number of rotatable bonds is 3. The Morgan fingerprint density at radius 3 is 2.73 bits per heavy atom. The Morgan fingerprint density at radius 1 is 1.33 bits per heavy atom. The highest BCUT2D eigenvalue weighted by atomic mass is 16.5. The topological polar surface area (TPSA) is 66.1 Å². The van der Waals surface area contributed by atoms with Gasteiger partial charge in [0, 0.05) is 18.6 Å². The zero-order valence-electron chi connectivity index (χ0n) is 8.43. The lowest BCUT2D eigenvalue weighted by Crippen LogP contribution is -2.39. The van der Waals surface area contributed by atoms with Crippen molar-refractivity contribution in [2.45, 2.75) is 6.54 Å². The van der Waals surface area contributed by atoms with E-state index in [0.717, 1.165) is 26.3 Å². The summed E-state index contributed by atoms with van der Waals surface area (Å²) >= 11 is 0. The van der Waals surface area contributed by atoms with Crippen LogP contribution >= 0.6 is 0 Å². The summed E-state index contributed by atoms with van der Waals surface area (Å²) in [6, 6.07) is 1.58. The molecule has 1 aromatic rings. The van der Waals surface area contributed by atoms with Crippen molar-refractivity contribution < 1.29 is 19.2 Å². The Balaban J connectivity index is 1.99. The summed E-state index contributed by atoms with van der Waals surface area (Å²) < 4.78 is 10.5. The lowest BCUT2D eigenvalue weighted by molar-refractivity contribution is 0.0315. The first kappa shape index (κ1) is 10.7. The molecule has 1 aliphatic rings. The van der Waals surface area contributed by atoms with E-state index < -0.39 is 7.12 Å². The van der Waals surface area contributed by atoms with E-state index in [1.165, 1.54) is 6.26 Å². The summed E-state index contributed by atoms with van der Waals surface area (Å²) in [6.45, 7) is 3.74. The maximum Gasteiger partial charge on any atom is 0.492 e. The SMILES string of the molecule is OB(O)c1ccoc1CN1CCOCC1. The van der Waals surface area contributed by atoms with Gasteiger partial charge in [-0.3, -0.25) is 4.90 Å². The van der Waals surface area contributed by atoms with E-state index >= 15 is 0 Å². The van der Waals surface area contributed by atoms with Crippen molar-refractivity contribution in [1.29, 1.82) is 0 Å². The zero-order valence-corrected chi connectivity index (χ0v) is 8.43. The Kier molecular flexibility index (Phi) is 3.43. The average Bonchev–Trinajstić information content (AvgIpc) is 2.67. The summed E-state index contributed by atoms with van der Waals surface area (Å²) in [7, 11) is -1.46. The predicted octanol–water partition coefficient (Wildman–Crippen LogP) is -1.21. The highest BCUT2D eigenvalue weighted by Gasteiger charge is 2.21. The van der Waals surface area contributed by atoms with Crippen molar-refractivity contribution in [2.24, 2.45) is 0 Å². The lowest BCUT2D eigenvalue weighted by Gasteiger charge is -2.25. The molecular formula is C9H14BNO4. The molecule has 0 saturated carbocycles. The molecule has 2 rings (SSSR count). The fraction of sp³-hybridized carbons (Fsp3) is 0.556. The number of nitrogens with zero attached hydrogens (tertiary/aromatic N) is 1. The van der Waals surface area contributed by atoms with Gasteiger partial charge in [0.05, 0.1) is 26.0 Å². The fourth-order valence-electron chi connectivity index (χ4n) is 1.67. The molecular weight excluding hydrogens is 197 g/mol. The van der Waals surface area contributed by atoms with Crippen LogP contribution in [0.25, 0.3) is 0 Å². The van der Waals surface area contributed by atoms with Gasteiger partial charge in [-0.25, -0.2) is 0 Å². The van der Waals surface area contributed by atoms with Crippen LogP contribution in [0.4, 0.5) is 0 Å². The third-order valence-electron chi connectivity index (χ3n) is 2.53. The summed E-state index contributed by atoms with van der Waals surface area (Å²) in [6.07, 6.45) is 1.48. The molecule has 0 radical (unpaired) electrons. The molecule has 1 saturated heterocycles. The second kappa shape index (κ2) is 4.80. The molecule has 0 amide bonds. The second-order valence-electron chi connectivity index (χ2n) is 3.56. The number of morpholine rings is 1. The monoisotopic (exact) mass is 211 g/mol. The minimum atomic E-state index is -1.46. The van der Waals surface area contributed by atoms with Gasteiger partial charge in [0.25, 0.3) is 0 Å². The van der Waals surface area contributed by atoms with Crippen molar-refractivity contribution in [2.75, 3.05) is 26.3 Å². The molecule has 5 nitrogen and oxygen atoms in total. The summed E-state index contributed by atoms with van der Waals surface area (Å²) in [5.74, 6) is 0.618. The fourth-order valence-corrected chi connectivity index (χ4v) is 1.67. The molecule has 0 unspecified atom stereocenters. The Labute approximate surface area is 88.4 Å². The number of hydrogen-bond donors (Lipinski definition) is 2. The highest BCUT2D eigenvalue weighted by molar-refractivity contribution is 6.59. The Morgan fingerprint density at radius 2 is 2.07 bits per heavy atom. The van der Waals surface area contributed by atoms with Crippen LogP contribution < -0.4 is 5.46 Å². The third kappa shape index (κ3) is 2.60. The van der Waals surface area contributed by atoms with Crippen LogP contribution in [0, 0.1) is 0 Å². The van der Waals surface area contributed by atoms with Gasteiger partial charge in [-0.2, -0.15) is 0 Å². The Bertz CT molecular complexity index is 309. The molecule has 0 aromatic carbocycles.